The summed E-state index contributed by atoms with van der Waals surface area (Å²) in [7, 11) is 1.66. The molecule has 0 unspecified atom stereocenters. The molecular weight excluding hydrogens is 402 g/mol. The molecule has 2 aromatic heterocycles. The van der Waals surface area contributed by atoms with Gasteiger partial charge in [0.05, 0.1) is 23.4 Å². The fourth-order valence-corrected chi connectivity index (χ4v) is 4.84. The molecule has 5 heteroatoms. The van der Waals surface area contributed by atoms with Crippen LogP contribution in [0.2, 0.25) is 0 Å². The number of nitrogens with zero attached hydrogens (tertiary/aromatic N) is 2. The SMILES string of the molecule is COc1ccc(-c2nc(N)nc(-c3cc4ccccc4s3)c2Cc2ccccc2)cc1. The average Bonchev–Trinajstić information content (AvgIpc) is 3.25. The molecule has 3 aromatic carbocycles. The van der Waals surface area contributed by atoms with Gasteiger partial charge in [0.1, 0.15) is 5.75 Å². The van der Waals surface area contributed by atoms with E-state index < -0.39 is 0 Å². The van der Waals surface area contributed by atoms with Crippen molar-refractivity contribution >= 4 is 27.4 Å². The highest BCUT2D eigenvalue weighted by Crippen LogP contribution is 2.38. The first-order chi connectivity index (χ1) is 15.2. The van der Waals surface area contributed by atoms with Crippen LogP contribution in [-0.4, -0.2) is 17.1 Å². The van der Waals surface area contributed by atoms with Gasteiger partial charge in [-0.2, -0.15) is 0 Å². The molecular formula is C26H21N3OS. The molecule has 0 saturated heterocycles. The van der Waals surface area contributed by atoms with Gasteiger partial charge in [-0.15, -0.1) is 11.3 Å². The maximum absolute atomic E-state index is 6.20. The first-order valence-corrected chi connectivity index (χ1v) is 10.9. The van der Waals surface area contributed by atoms with Crippen molar-refractivity contribution in [1.29, 1.82) is 0 Å². The molecule has 0 bridgehead atoms. The normalized spacial score (nSPS) is 11.0. The van der Waals surface area contributed by atoms with Gasteiger partial charge in [-0.1, -0.05) is 48.5 Å². The van der Waals surface area contributed by atoms with Gasteiger partial charge in [-0.3, -0.25) is 0 Å². The van der Waals surface area contributed by atoms with E-state index in [1.807, 2.05) is 30.3 Å². The Morgan fingerprint density at radius 2 is 1.55 bits per heavy atom. The third-order valence-corrected chi connectivity index (χ3v) is 6.39. The predicted molar refractivity (Wildman–Crippen MR) is 128 cm³/mol. The van der Waals surface area contributed by atoms with Gasteiger partial charge in [0.15, 0.2) is 0 Å². The topological polar surface area (TPSA) is 61.0 Å². The molecule has 152 valence electrons. The second-order valence-corrected chi connectivity index (χ2v) is 8.38. The van der Waals surface area contributed by atoms with Crippen LogP contribution >= 0.6 is 11.3 Å². The van der Waals surface area contributed by atoms with Crippen LogP contribution in [0.3, 0.4) is 0 Å². The monoisotopic (exact) mass is 423 g/mol. The zero-order valence-corrected chi connectivity index (χ0v) is 17.9. The average molecular weight is 424 g/mol. The Balaban J connectivity index is 1.73. The molecule has 0 atom stereocenters. The molecule has 0 radical (unpaired) electrons. The summed E-state index contributed by atoms with van der Waals surface area (Å²) in [5, 5.41) is 1.20. The minimum Gasteiger partial charge on any atom is -0.497 e. The second-order valence-electron chi connectivity index (χ2n) is 7.30. The molecule has 0 amide bonds. The van der Waals surface area contributed by atoms with Crippen LogP contribution in [0.5, 0.6) is 5.75 Å². The number of benzene rings is 3. The largest absolute Gasteiger partial charge is 0.497 e. The van der Waals surface area contributed by atoms with E-state index in [0.717, 1.165) is 33.1 Å². The van der Waals surface area contributed by atoms with Gasteiger partial charge in [0, 0.05) is 22.2 Å². The van der Waals surface area contributed by atoms with Crippen LogP contribution in [0.4, 0.5) is 5.95 Å². The number of nitrogen functional groups attached to an aromatic ring is 1. The molecule has 0 aliphatic carbocycles. The number of aromatic nitrogens is 2. The quantitative estimate of drug-likeness (QED) is 0.365. The standard InChI is InChI=1S/C26H21N3OS/c1-30-20-13-11-18(12-14-20)24-21(15-17-7-3-2-4-8-17)25(29-26(27)28-24)23-16-19-9-5-6-10-22(19)31-23/h2-14,16H,15H2,1H3,(H2,27,28,29). The summed E-state index contributed by atoms with van der Waals surface area (Å²) >= 11 is 1.73. The van der Waals surface area contributed by atoms with Gasteiger partial charge < -0.3 is 10.5 Å². The van der Waals surface area contributed by atoms with E-state index in [-0.39, 0.29) is 5.95 Å². The summed E-state index contributed by atoms with van der Waals surface area (Å²) in [6, 6.07) is 28.9. The summed E-state index contributed by atoms with van der Waals surface area (Å²) < 4.78 is 6.55. The number of methoxy groups -OCH3 is 1. The zero-order valence-electron chi connectivity index (χ0n) is 17.1. The number of nitrogens with two attached hydrogens (primary N) is 1. The molecule has 4 nitrogen and oxygen atoms in total. The van der Waals surface area contributed by atoms with E-state index in [1.165, 1.54) is 15.6 Å². The first kappa shape index (κ1) is 19.3. The number of hydrogen-bond acceptors (Lipinski definition) is 5. The van der Waals surface area contributed by atoms with E-state index in [9.17, 15) is 0 Å². The minimum atomic E-state index is 0.273. The van der Waals surface area contributed by atoms with Crippen LogP contribution in [0.1, 0.15) is 11.1 Å². The molecule has 0 aliphatic heterocycles. The van der Waals surface area contributed by atoms with E-state index in [4.69, 9.17) is 15.5 Å². The fourth-order valence-electron chi connectivity index (χ4n) is 3.76. The van der Waals surface area contributed by atoms with Gasteiger partial charge in [-0.05, 0) is 47.3 Å². The number of anilines is 1. The Bertz CT molecular complexity index is 1310. The molecule has 5 rings (SSSR count). The van der Waals surface area contributed by atoms with Crippen molar-refractivity contribution in [3.8, 4) is 27.6 Å². The van der Waals surface area contributed by atoms with Gasteiger partial charge >= 0.3 is 0 Å². The van der Waals surface area contributed by atoms with Crippen molar-refractivity contribution in [2.24, 2.45) is 0 Å². The number of ether oxygens (including phenoxy) is 1. The third-order valence-electron chi connectivity index (χ3n) is 5.27. The van der Waals surface area contributed by atoms with Crippen LogP contribution in [0, 0.1) is 0 Å². The van der Waals surface area contributed by atoms with Gasteiger partial charge in [-0.25, -0.2) is 9.97 Å². The Morgan fingerprint density at radius 3 is 2.29 bits per heavy atom. The van der Waals surface area contributed by atoms with E-state index in [1.54, 1.807) is 18.4 Å². The molecule has 0 aliphatic rings. The van der Waals surface area contributed by atoms with Gasteiger partial charge in [0.2, 0.25) is 5.95 Å². The molecule has 0 spiro atoms. The van der Waals surface area contributed by atoms with Crippen LogP contribution in [-0.2, 0) is 6.42 Å². The van der Waals surface area contributed by atoms with Crippen molar-refractivity contribution in [1.82, 2.24) is 9.97 Å². The molecule has 0 saturated carbocycles. The smallest absolute Gasteiger partial charge is 0.221 e. The highest BCUT2D eigenvalue weighted by Gasteiger charge is 2.19. The summed E-state index contributed by atoms with van der Waals surface area (Å²) in [5.41, 5.74) is 11.2. The van der Waals surface area contributed by atoms with Crippen LogP contribution < -0.4 is 10.5 Å². The lowest BCUT2D eigenvalue weighted by Crippen LogP contribution is -2.05. The number of hydrogen-bond donors (Lipinski definition) is 1. The lowest BCUT2D eigenvalue weighted by molar-refractivity contribution is 0.415. The molecule has 0 fully saturated rings. The molecule has 2 N–H and O–H groups in total. The minimum absolute atomic E-state index is 0.273. The molecule has 2 heterocycles. The van der Waals surface area contributed by atoms with Crippen molar-refractivity contribution in [2.45, 2.75) is 6.42 Å². The van der Waals surface area contributed by atoms with Crippen molar-refractivity contribution in [2.75, 3.05) is 12.8 Å². The summed E-state index contributed by atoms with van der Waals surface area (Å²) in [6.45, 7) is 0. The Morgan fingerprint density at radius 1 is 0.839 bits per heavy atom. The Hall–Kier alpha value is -3.70. The van der Waals surface area contributed by atoms with E-state index >= 15 is 0 Å². The predicted octanol–water partition coefficient (Wildman–Crippen LogP) is 6.21. The Kier molecular flexibility index (Phi) is 5.10. The highest BCUT2D eigenvalue weighted by molar-refractivity contribution is 7.22. The van der Waals surface area contributed by atoms with Crippen molar-refractivity contribution in [3.05, 3.63) is 96.1 Å². The second kappa shape index (κ2) is 8.20. The van der Waals surface area contributed by atoms with E-state index in [2.05, 4.69) is 59.6 Å². The number of fused-ring (bicyclic) bond motifs is 1. The summed E-state index contributed by atoms with van der Waals surface area (Å²) in [5.74, 6) is 1.08. The molecule has 31 heavy (non-hydrogen) atoms. The number of thiophene rings is 1. The first-order valence-electron chi connectivity index (χ1n) is 10.0. The number of rotatable bonds is 5. The maximum Gasteiger partial charge on any atom is 0.221 e. The highest BCUT2D eigenvalue weighted by atomic mass is 32.1. The zero-order chi connectivity index (χ0) is 21.2. The lowest BCUT2D eigenvalue weighted by Gasteiger charge is -2.14. The molecule has 5 aromatic rings. The van der Waals surface area contributed by atoms with Crippen LogP contribution in [0.25, 0.3) is 31.9 Å². The Labute approximate surface area is 185 Å². The van der Waals surface area contributed by atoms with Crippen molar-refractivity contribution in [3.63, 3.8) is 0 Å². The third kappa shape index (κ3) is 3.88. The van der Waals surface area contributed by atoms with E-state index in [0.29, 0.717) is 6.42 Å². The van der Waals surface area contributed by atoms with Crippen LogP contribution in [0.15, 0.2) is 84.9 Å². The maximum atomic E-state index is 6.20. The van der Waals surface area contributed by atoms with Crippen molar-refractivity contribution < 1.29 is 4.74 Å². The fraction of sp³-hybridized carbons (Fsp3) is 0.0769. The lowest BCUT2D eigenvalue weighted by atomic mass is 9.97. The summed E-state index contributed by atoms with van der Waals surface area (Å²) in [4.78, 5) is 10.5. The summed E-state index contributed by atoms with van der Waals surface area (Å²) in [6.07, 6.45) is 0.714. The van der Waals surface area contributed by atoms with Gasteiger partial charge in [0.25, 0.3) is 0 Å².